The predicted octanol–water partition coefficient (Wildman–Crippen LogP) is 3.46. The highest BCUT2D eigenvalue weighted by Crippen LogP contribution is 2.22. The molecule has 0 amide bonds. The second-order valence-corrected chi connectivity index (χ2v) is 5.14. The molecule has 0 bridgehead atoms. The van der Waals surface area contributed by atoms with E-state index in [1.54, 1.807) is 11.1 Å². The van der Waals surface area contributed by atoms with Crippen LogP contribution in [0.5, 0.6) is 5.75 Å². The SMILES string of the molecule is CC.CC1(C)C=CN(Cc2ccc(C(=O)O)c(O)c2)N=C1. The molecule has 5 heteroatoms. The number of phenols is 1. The molecule has 0 radical (unpaired) electrons. The highest BCUT2D eigenvalue weighted by Gasteiger charge is 2.16. The zero-order chi connectivity index (χ0) is 16.0. The van der Waals surface area contributed by atoms with E-state index < -0.39 is 5.97 Å². The summed E-state index contributed by atoms with van der Waals surface area (Å²) in [5.74, 6) is -1.36. The van der Waals surface area contributed by atoms with E-state index in [0.29, 0.717) is 6.54 Å². The zero-order valence-electron chi connectivity index (χ0n) is 12.9. The van der Waals surface area contributed by atoms with Crippen LogP contribution in [0, 0.1) is 5.41 Å². The third-order valence-corrected chi connectivity index (χ3v) is 2.85. The van der Waals surface area contributed by atoms with Gasteiger partial charge < -0.3 is 10.2 Å². The van der Waals surface area contributed by atoms with E-state index in [0.717, 1.165) is 5.56 Å². The maximum Gasteiger partial charge on any atom is 0.339 e. The van der Waals surface area contributed by atoms with Crippen molar-refractivity contribution < 1.29 is 15.0 Å². The molecule has 0 atom stereocenters. The fourth-order valence-electron chi connectivity index (χ4n) is 1.72. The number of nitrogens with zero attached hydrogens (tertiary/aromatic N) is 2. The maximum absolute atomic E-state index is 10.8. The van der Waals surface area contributed by atoms with Crippen LogP contribution in [0.4, 0.5) is 0 Å². The second-order valence-electron chi connectivity index (χ2n) is 5.14. The molecule has 0 unspecified atom stereocenters. The molecule has 1 aliphatic heterocycles. The summed E-state index contributed by atoms with van der Waals surface area (Å²) in [6.07, 6.45) is 5.76. The Morgan fingerprint density at radius 1 is 1.33 bits per heavy atom. The number of hydrogen-bond donors (Lipinski definition) is 2. The topological polar surface area (TPSA) is 73.1 Å². The van der Waals surface area contributed by atoms with Gasteiger partial charge in [0.1, 0.15) is 11.3 Å². The van der Waals surface area contributed by atoms with Gasteiger partial charge >= 0.3 is 5.97 Å². The average molecular weight is 290 g/mol. The van der Waals surface area contributed by atoms with Crippen LogP contribution in [-0.4, -0.2) is 27.4 Å². The first-order valence-electron chi connectivity index (χ1n) is 6.94. The molecule has 0 aromatic heterocycles. The lowest BCUT2D eigenvalue weighted by Crippen LogP contribution is -2.21. The van der Waals surface area contributed by atoms with Gasteiger partial charge in [-0.05, 0) is 17.7 Å². The Bertz CT molecular complexity index is 547. The fourth-order valence-corrected chi connectivity index (χ4v) is 1.72. The predicted molar refractivity (Wildman–Crippen MR) is 83.4 cm³/mol. The van der Waals surface area contributed by atoms with Crippen LogP contribution in [0.2, 0.25) is 0 Å². The van der Waals surface area contributed by atoms with Gasteiger partial charge in [0.25, 0.3) is 0 Å². The summed E-state index contributed by atoms with van der Waals surface area (Å²) in [7, 11) is 0. The van der Waals surface area contributed by atoms with E-state index >= 15 is 0 Å². The number of hydrogen-bond acceptors (Lipinski definition) is 4. The van der Waals surface area contributed by atoms with Crippen LogP contribution < -0.4 is 0 Å². The van der Waals surface area contributed by atoms with E-state index in [2.05, 4.69) is 18.9 Å². The Balaban J connectivity index is 0.00000106. The summed E-state index contributed by atoms with van der Waals surface area (Å²) in [4.78, 5) is 10.8. The number of benzene rings is 1. The number of hydrazone groups is 1. The van der Waals surface area contributed by atoms with E-state index in [1.165, 1.54) is 12.1 Å². The quantitative estimate of drug-likeness (QED) is 0.894. The molecule has 0 saturated carbocycles. The molecule has 1 aliphatic rings. The number of allylic oxidation sites excluding steroid dienone is 1. The maximum atomic E-state index is 10.8. The standard InChI is InChI=1S/C14H16N2O3.C2H6/c1-14(2)5-6-16(15-9-14)8-10-3-4-11(13(18)19)12(17)7-10;1-2/h3-7,9,17H,8H2,1-2H3,(H,18,19);1-2H3. The first-order chi connectivity index (χ1) is 9.87. The van der Waals surface area contributed by atoms with Crippen LogP contribution in [0.15, 0.2) is 35.6 Å². The van der Waals surface area contributed by atoms with Crippen molar-refractivity contribution in [3.8, 4) is 5.75 Å². The van der Waals surface area contributed by atoms with Gasteiger partial charge in [0.15, 0.2) is 0 Å². The van der Waals surface area contributed by atoms with Crippen LogP contribution in [0.3, 0.4) is 0 Å². The van der Waals surface area contributed by atoms with Gasteiger partial charge in [0.05, 0.1) is 6.54 Å². The Labute approximate surface area is 125 Å². The number of carboxylic acid groups (broad SMARTS) is 1. The number of carbonyl (C=O) groups is 1. The molecule has 0 fully saturated rings. The number of aromatic carboxylic acids is 1. The van der Waals surface area contributed by atoms with E-state index in [-0.39, 0.29) is 16.7 Å². The minimum atomic E-state index is -1.14. The summed E-state index contributed by atoms with van der Waals surface area (Å²) >= 11 is 0. The van der Waals surface area contributed by atoms with Crippen LogP contribution in [0.1, 0.15) is 43.6 Å². The van der Waals surface area contributed by atoms with Gasteiger partial charge in [-0.15, -0.1) is 0 Å². The monoisotopic (exact) mass is 290 g/mol. The van der Waals surface area contributed by atoms with Crippen molar-refractivity contribution in [3.63, 3.8) is 0 Å². The smallest absolute Gasteiger partial charge is 0.339 e. The van der Waals surface area contributed by atoms with Gasteiger partial charge in [-0.3, -0.25) is 5.01 Å². The first kappa shape index (κ1) is 16.8. The lowest BCUT2D eigenvalue weighted by Gasteiger charge is -2.24. The van der Waals surface area contributed by atoms with Crippen molar-refractivity contribution in [2.45, 2.75) is 34.2 Å². The van der Waals surface area contributed by atoms with Gasteiger partial charge in [-0.1, -0.05) is 39.8 Å². The van der Waals surface area contributed by atoms with Crippen molar-refractivity contribution in [3.05, 3.63) is 41.6 Å². The molecule has 5 nitrogen and oxygen atoms in total. The molecular weight excluding hydrogens is 268 g/mol. The highest BCUT2D eigenvalue weighted by atomic mass is 16.4. The van der Waals surface area contributed by atoms with Gasteiger partial charge in [-0.25, -0.2) is 4.79 Å². The molecule has 2 N–H and O–H groups in total. The Hall–Kier alpha value is -2.30. The third-order valence-electron chi connectivity index (χ3n) is 2.85. The summed E-state index contributed by atoms with van der Waals surface area (Å²) < 4.78 is 0. The summed E-state index contributed by atoms with van der Waals surface area (Å²) in [5.41, 5.74) is 0.651. The Kier molecular flexibility index (Phi) is 5.52. The van der Waals surface area contributed by atoms with Crippen molar-refractivity contribution in [1.29, 1.82) is 0 Å². The van der Waals surface area contributed by atoms with Crippen molar-refractivity contribution >= 4 is 12.2 Å². The van der Waals surface area contributed by atoms with E-state index in [4.69, 9.17) is 5.11 Å². The molecule has 1 aromatic rings. The third kappa shape index (κ3) is 4.63. The molecule has 0 saturated heterocycles. The average Bonchev–Trinajstić information content (AvgIpc) is 2.43. The Morgan fingerprint density at radius 2 is 2.00 bits per heavy atom. The molecular formula is C16H22N2O3. The lowest BCUT2D eigenvalue weighted by atomic mass is 9.95. The molecule has 114 valence electrons. The molecule has 1 aromatic carbocycles. The Morgan fingerprint density at radius 3 is 2.48 bits per heavy atom. The summed E-state index contributed by atoms with van der Waals surface area (Å²) in [6, 6.07) is 4.52. The minimum Gasteiger partial charge on any atom is -0.507 e. The van der Waals surface area contributed by atoms with Crippen molar-refractivity contribution in [1.82, 2.24) is 5.01 Å². The van der Waals surface area contributed by atoms with E-state index in [1.807, 2.05) is 32.3 Å². The van der Waals surface area contributed by atoms with Crippen LogP contribution >= 0.6 is 0 Å². The molecule has 1 heterocycles. The summed E-state index contributed by atoms with van der Waals surface area (Å²) in [6.45, 7) is 8.59. The number of carboxylic acids is 1. The molecule has 2 rings (SSSR count). The van der Waals surface area contributed by atoms with Gasteiger partial charge in [0, 0.05) is 17.8 Å². The summed E-state index contributed by atoms with van der Waals surface area (Å²) in [5, 5.41) is 24.5. The minimum absolute atomic E-state index is 0.0498. The van der Waals surface area contributed by atoms with Gasteiger partial charge in [-0.2, -0.15) is 5.10 Å². The van der Waals surface area contributed by atoms with Crippen molar-refractivity contribution in [2.75, 3.05) is 0 Å². The molecule has 21 heavy (non-hydrogen) atoms. The van der Waals surface area contributed by atoms with E-state index in [9.17, 15) is 9.90 Å². The second kappa shape index (κ2) is 6.92. The van der Waals surface area contributed by atoms with Crippen LogP contribution in [-0.2, 0) is 6.54 Å². The van der Waals surface area contributed by atoms with Crippen molar-refractivity contribution in [2.24, 2.45) is 10.5 Å². The largest absolute Gasteiger partial charge is 0.507 e. The highest BCUT2D eigenvalue weighted by molar-refractivity contribution is 5.90. The molecule has 0 spiro atoms. The zero-order valence-corrected chi connectivity index (χ0v) is 12.9. The number of rotatable bonds is 3. The fraction of sp³-hybridized carbons (Fsp3) is 0.375. The van der Waals surface area contributed by atoms with Gasteiger partial charge in [0.2, 0.25) is 0 Å². The molecule has 0 aliphatic carbocycles. The number of aromatic hydroxyl groups is 1. The first-order valence-corrected chi connectivity index (χ1v) is 6.94. The van der Waals surface area contributed by atoms with Crippen LogP contribution in [0.25, 0.3) is 0 Å². The lowest BCUT2D eigenvalue weighted by molar-refractivity contribution is 0.0693. The normalized spacial score (nSPS) is 15.3.